The van der Waals surface area contributed by atoms with Gasteiger partial charge in [0.05, 0.1) is 0 Å². The minimum Gasteiger partial charge on any atom is -0.648 e. The Morgan fingerprint density at radius 1 is 1.22 bits per heavy atom. The molecular formula is C2H3O4V2Y-. The third-order valence-corrected chi connectivity index (χ3v) is 0. The molecule has 0 atom stereocenters. The van der Waals surface area contributed by atoms with Gasteiger partial charge in [0.1, 0.15) is 0 Å². The Morgan fingerprint density at radius 3 is 1.22 bits per heavy atom. The van der Waals surface area contributed by atoms with Crippen molar-refractivity contribution in [2.24, 2.45) is 0 Å². The molecule has 0 aromatic rings. The Kier molecular flexibility index (Phi) is 194. The molecule has 3 N–H and O–H groups in total. The maximum absolute atomic E-state index is 6.99. The second-order valence-electron chi connectivity index (χ2n) is 0.193. The minimum atomic E-state index is 0. The normalized spacial score (nSPS) is 2.78. The number of aliphatic hydroxyl groups is 1. The quantitative estimate of drug-likeness (QED) is 0.250. The van der Waals surface area contributed by atoms with Gasteiger partial charge in [-0.1, -0.05) is 5.04 Å². The van der Waals surface area contributed by atoms with Gasteiger partial charge in [-0.3, -0.25) is 0 Å². The van der Waals surface area contributed by atoms with Crippen LogP contribution in [0, 0.1) is 12.5 Å². The van der Waals surface area contributed by atoms with Crippen LogP contribution in [0.2, 0.25) is 0 Å². The summed E-state index contributed by atoms with van der Waals surface area (Å²) in [5.74, 6) is 0. The van der Waals surface area contributed by atoms with Crippen LogP contribution in [0.1, 0.15) is 0 Å². The summed E-state index contributed by atoms with van der Waals surface area (Å²) in [6, 6.07) is 0. The molecule has 0 aromatic carbocycles. The van der Waals surface area contributed by atoms with Crippen LogP contribution in [-0.2, 0) is 74.9 Å². The summed E-state index contributed by atoms with van der Waals surface area (Å²) in [4.78, 5) is 0. The fourth-order valence-electron chi connectivity index (χ4n) is 0. The van der Waals surface area contributed by atoms with E-state index in [1.807, 2.05) is 0 Å². The van der Waals surface area contributed by atoms with Crippen LogP contribution >= 0.6 is 0 Å². The van der Waals surface area contributed by atoms with Crippen LogP contribution in [0.15, 0.2) is 0 Å². The fraction of sp³-hybridized carbons (Fsp3) is 0. The first-order chi connectivity index (χ1) is 2.83. The standard InChI is InChI=1S/C2HO.H2O3.2V.Y/c1-2-3;1-3-2;;;/h3H;1-2H;;;/q-1;;;;. The van der Waals surface area contributed by atoms with E-state index >= 15 is 0 Å². The summed E-state index contributed by atoms with van der Waals surface area (Å²) < 4.78 is 0. The molecule has 0 heterocycles. The van der Waals surface area contributed by atoms with Crippen LogP contribution in [0.5, 0.6) is 0 Å². The van der Waals surface area contributed by atoms with E-state index in [9.17, 15) is 0 Å². The average Bonchev–Trinajstić information content (AvgIpc) is 1.39. The van der Waals surface area contributed by atoms with Gasteiger partial charge < -0.3 is 11.5 Å². The van der Waals surface area contributed by atoms with Crippen molar-refractivity contribution in [1.82, 2.24) is 0 Å². The van der Waals surface area contributed by atoms with Gasteiger partial charge in [-0.05, 0) is 0 Å². The van der Waals surface area contributed by atoms with Gasteiger partial charge >= 0.3 is 0 Å². The molecule has 0 rings (SSSR count). The zero-order chi connectivity index (χ0) is 5.41. The molecule has 0 aromatic heterocycles. The molecule has 0 fully saturated rings. The molecule has 9 heavy (non-hydrogen) atoms. The van der Waals surface area contributed by atoms with E-state index in [0.29, 0.717) is 0 Å². The molecule has 4 nitrogen and oxygen atoms in total. The smallest absolute Gasteiger partial charge is 0 e. The molecule has 0 saturated carbocycles. The number of hydrogen-bond donors (Lipinski definition) is 3. The van der Waals surface area contributed by atoms with Crippen molar-refractivity contribution in [3.63, 3.8) is 0 Å². The number of hydrogen-bond acceptors (Lipinski definition) is 4. The predicted octanol–water partition coefficient (Wildman–Crippen LogP) is -0.152. The van der Waals surface area contributed by atoms with E-state index in [2.05, 4.69) is 5.04 Å². The topological polar surface area (TPSA) is 69.9 Å². The first kappa shape index (κ1) is 31.3. The van der Waals surface area contributed by atoms with Gasteiger partial charge in [0.25, 0.3) is 0 Å². The van der Waals surface area contributed by atoms with E-state index < -0.39 is 0 Å². The van der Waals surface area contributed by atoms with Gasteiger partial charge in [0, 0.05) is 69.8 Å². The molecule has 0 saturated heterocycles. The fourth-order valence-corrected chi connectivity index (χ4v) is 0. The van der Waals surface area contributed by atoms with E-state index in [1.165, 1.54) is 0 Å². The molecule has 49 valence electrons. The Labute approximate surface area is 102 Å². The van der Waals surface area contributed by atoms with Crippen LogP contribution in [0.4, 0.5) is 0 Å². The molecule has 0 amide bonds. The van der Waals surface area contributed by atoms with Crippen molar-refractivity contribution in [2.75, 3.05) is 0 Å². The van der Waals surface area contributed by atoms with E-state index in [-0.39, 0.29) is 69.8 Å². The van der Waals surface area contributed by atoms with E-state index in [0.717, 1.165) is 6.11 Å². The Balaban J connectivity index is -0.00000000889. The van der Waals surface area contributed by atoms with Gasteiger partial charge in [0.15, 0.2) is 0 Å². The molecule has 0 aliphatic carbocycles. The number of aliphatic hydroxyl groups excluding tert-OH is 1. The second kappa shape index (κ2) is 55.9. The molecule has 7 heteroatoms. The van der Waals surface area contributed by atoms with E-state index in [4.69, 9.17) is 22.0 Å². The first-order valence-corrected chi connectivity index (χ1v) is 0.839. The van der Waals surface area contributed by atoms with Gasteiger partial charge in [0.2, 0.25) is 0 Å². The van der Waals surface area contributed by atoms with Crippen LogP contribution in [0.3, 0.4) is 0 Å². The minimum absolute atomic E-state index is 0. The van der Waals surface area contributed by atoms with Crippen molar-refractivity contribution < 1.29 is 90.5 Å². The first-order valence-electron chi connectivity index (χ1n) is 0.839. The monoisotopic (exact) mass is 282 g/mol. The summed E-state index contributed by atoms with van der Waals surface area (Å²) in [6.45, 7) is 0. The zero-order valence-corrected chi connectivity index (χ0v) is 9.85. The molecule has 0 spiro atoms. The Bertz CT molecular complexity index is 46.3. The second-order valence-corrected chi connectivity index (χ2v) is 0.193. The van der Waals surface area contributed by atoms with Crippen molar-refractivity contribution in [2.45, 2.75) is 0 Å². The third kappa shape index (κ3) is 235. The molecular weight excluding hydrogens is 279 g/mol. The van der Waals surface area contributed by atoms with E-state index in [1.54, 1.807) is 0 Å². The van der Waals surface area contributed by atoms with Gasteiger partial charge in [-0.25, -0.2) is 10.5 Å². The maximum Gasteiger partial charge on any atom is 0 e. The summed E-state index contributed by atoms with van der Waals surface area (Å²) in [5.41, 5.74) is 0. The van der Waals surface area contributed by atoms with Gasteiger partial charge in [-0.15, -0.1) is 0 Å². The van der Waals surface area contributed by atoms with Crippen molar-refractivity contribution >= 4 is 0 Å². The van der Waals surface area contributed by atoms with Crippen molar-refractivity contribution in [1.29, 1.82) is 0 Å². The summed E-state index contributed by atoms with van der Waals surface area (Å²) >= 11 is 0. The van der Waals surface area contributed by atoms with Crippen molar-refractivity contribution in [3.8, 4) is 6.11 Å². The third-order valence-electron chi connectivity index (χ3n) is 0. The summed E-state index contributed by atoms with van der Waals surface area (Å²) in [7, 11) is 0. The molecule has 3 radical (unpaired) electrons. The SMILES string of the molecule is OOO.[C-]#CO.[V].[V].[Y]. The molecule has 0 unspecified atom stereocenters. The molecule has 0 bridgehead atoms. The van der Waals surface area contributed by atoms with Crippen molar-refractivity contribution in [3.05, 3.63) is 6.42 Å². The van der Waals surface area contributed by atoms with Crippen LogP contribution < -0.4 is 0 Å². The van der Waals surface area contributed by atoms with Crippen LogP contribution in [0.25, 0.3) is 0 Å². The van der Waals surface area contributed by atoms with Crippen LogP contribution in [-0.4, -0.2) is 15.6 Å². The summed E-state index contributed by atoms with van der Waals surface area (Å²) in [6.07, 6.45) is 6.51. The average molecular weight is 282 g/mol. The largest absolute Gasteiger partial charge is 0.648 e. The molecule has 0 aliphatic rings. The summed E-state index contributed by atoms with van der Waals surface area (Å²) in [5, 5.41) is 22.5. The van der Waals surface area contributed by atoms with Gasteiger partial charge in [-0.2, -0.15) is 6.11 Å². The molecule has 0 aliphatic heterocycles. The predicted molar refractivity (Wildman–Crippen MR) is 15.4 cm³/mol. The Hall–Kier alpha value is 1.51. The Morgan fingerprint density at radius 2 is 1.22 bits per heavy atom. The maximum atomic E-state index is 6.99. The zero-order valence-electron chi connectivity index (χ0n) is 4.22. The number of rotatable bonds is 0.